The lowest BCUT2D eigenvalue weighted by atomic mass is 10.1. The van der Waals surface area contributed by atoms with Gasteiger partial charge in [-0.15, -0.1) is 0 Å². The number of nitrogens with one attached hydrogen (secondary N) is 2. The lowest BCUT2D eigenvalue weighted by Gasteiger charge is -2.12. The fourth-order valence-electron chi connectivity index (χ4n) is 2.85. The molecule has 0 aromatic heterocycles. The first-order valence-electron chi connectivity index (χ1n) is 9.68. The molecular weight excluding hydrogens is 400 g/mol. The second-order valence-corrected chi connectivity index (χ2v) is 8.37. The Kier molecular flexibility index (Phi) is 7.21. The molecular formula is C23H24N2O4S. The minimum atomic E-state index is -3.47. The topological polar surface area (TPSA) is 84.5 Å². The van der Waals surface area contributed by atoms with Crippen molar-refractivity contribution >= 4 is 21.6 Å². The average Bonchev–Trinajstić information content (AvgIpc) is 2.75. The molecule has 6 nitrogen and oxygen atoms in total. The number of benzene rings is 3. The first-order valence-corrected chi connectivity index (χ1v) is 11.2. The van der Waals surface area contributed by atoms with Gasteiger partial charge in [0.2, 0.25) is 15.9 Å². The molecule has 3 rings (SSSR count). The monoisotopic (exact) mass is 424 g/mol. The molecule has 7 heteroatoms. The van der Waals surface area contributed by atoms with Crippen molar-refractivity contribution in [1.82, 2.24) is 4.72 Å². The van der Waals surface area contributed by atoms with Crippen molar-refractivity contribution in [3.63, 3.8) is 0 Å². The Balaban J connectivity index is 1.59. The number of rotatable bonds is 9. The fraction of sp³-hybridized carbons (Fsp3) is 0.174. The molecule has 2 N–H and O–H groups in total. The summed E-state index contributed by atoms with van der Waals surface area (Å²) in [5, 5.41) is 2.88. The van der Waals surface area contributed by atoms with Crippen LogP contribution in [0.3, 0.4) is 0 Å². The molecule has 0 spiro atoms. The molecule has 3 aromatic carbocycles. The van der Waals surface area contributed by atoms with Crippen molar-refractivity contribution in [1.29, 1.82) is 0 Å². The van der Waals surface area contributed by atoms with Crippen LogP contribution in [0, 0.1) is 0 Å². The number of carbonyl (C=O) groups excluding carboxylic acids is 1. The van der Waals surface area contributed by atoms with Gasteiger partial charge < -0.3 is 10.1 Å². The summed E-state index contributed by atoms with van der Waals surface area (Å²) in [6, 6.07) is 23.2. The summed E-state index contributed by atoms with van der Waals surface area (Å²) in [5.74, 6) is 1.10. The van der Waals surface area contributed by atoms with E-state index >= 15 is 0 Å². The predicted molar refractivity (Wildman–Crippen MR) is 117 cm³/mol. The van der Waals surface area contributed by atoms with Crippen LogP contribution >= 0.6 is 0 Å². The molecule has 1 amide bonds. The summed E-state index contributed by atoms with van der Waals surface area (Å²) >= 11 is 0. The van der Waals surface area contributed by atoms with Gasteiger partial charge in [-0.3, -0.25) is 4.79 Å². The zero-order valence-corrected chi connectivity index (χ0v) is 17.5. The number of sulfonamides is 1. The highest BCUT2D eigenvalue weighted by molar-refractivity contribution is 7.89. The molecule has 156 valence electrons. The second kappa shape index (κ2) is 10.0. The van der Waals surface area contributed by atoms with Gasteiger partial charge in [0.15, 0.2) is 5.75 Å². The van der Waals surface area contributed by atoms with E-state index in [4.69, 9.17) is 4.74 Å². The zero-order chi connectivity index (χ0) is 21.4. The summed E-state index contributed by atoms with van der Waals surface area (Å²) < 4.78 is 32.3. The largest absolute Gasteiger partial charge is 0.455 e. The number of amides is 1. The molecule has 0 aliphatic carbocycles. The molecule has 0 heterocycles. The molecule has 0 bridgehead atoms. The molecule has 0 saturated heterocycles. The van der Waals surface area contributed by atoms with Crippen molar-refractivity contribution in [3.05, 3.63) is 84.4 Å². The molecule has 0 saturated carbocycles. The van der Waals surface area contributed by atoms with Crippen LogP contribution in [0.15, 0.2) is 83.8 Å². The summed E-state index contributed by atoms with van der Waals surface area (Å²) in [6.45, 7) is 2.06. The van der Waals surface area contributed by atoms with Crippen LogP contribution in [-0.2, 0) is 21.2 Å². The van der Waals surface area contributed by atoms with E-state index in [0.717, 1.165) is 5.56 Å². The van der Waals surface area contributed by atoms with E-state index in [1.807, 2.05) is 42.5 Å². The molecule has 0 fully saturated rings. The lowest BCUT2D eigenvalue weighted by molar-refractivity contribution is -0.116. The molecule has 0 aliphatic rings. The third-order valence-electron chi connectivity index (χ3n) is 4.34. The van der Waals surface area contributed by atoms with Gasteiger partial charge in [0.05, 0.1) is 10.6 Å². The maximum absolute atomic E-state index is 12.4. The normalized spacial score (nSPS) is 11.1. The fourth-order valence-corrected chi connectivity index (χ4v) is 3.89. The van der Waals surface area contributed by atoms with Crippen LogP contribution in [0.5, 0.6) is 11.5 Å². The van der Waals surface area contributed by atoms with Crippen molar-refractivity contribution in [2.75, 3.05) is 11.9 Å². The highest BCUT2D eigenvalue weighted by atomic mass is 32.2. The number of hydrogen-bond acceptors (Lipinski definition) is 4. The van der Waals surface area contributed by atoms with Crippen LogP contribution in [0.2, 0.25) is 0 Å². The van der Waals surface area contributed by atoms with Crippen LogP contribution in [0.25, 0.3) is 0 Å². The summed E-state index contributed by atoms with van der Waals surface area (Å²) in [5.41, 5.74) is 1.48. The smallest absolute Gasteiger partial charge is 0.240 e. The van der Waals surface area contributed by atoms with Gasteiger partial charge >= 0.3 is 0 Å². The molecule has 0 atom stereocenters. The Labute approximate surface area is 177 Å². The summed E-state index contributed by atoms with van der Waals surface area (Å²) in [7, 11) is -3.47. The van der Waals surface area contributed by atoms with Gasteiger partial charge in [-0.05, 0) is 48.4 Å². The molecule has 0 radical (unpaired) electrons. The van der Waals surface area contributed by atoms with Crippen molar-refractivity contribution in [2.45, 2.75) is 24.7 Å². The zero-order valence-electron chi connectivity index (χ0n) is 16.7. The van der Waals surface area contributed by atoms with Gasteiger partial charge in [0, 0.05) is 13.0 Å². The Hall–Kier alpha value is -3.16. The second-order valence-electron chi connectivity index (χ2n) is 6.60. The molecule has 3 aromatic rings. The first kappa shape index (κ1) is 21.5. The number of aryl methyl sites for hydroxylation is 1. The number of hydrogen-bond donors (Lipinski definition) is 2. The first-order chi connectivity index (χ1) is 14.5. The Morgan fingerprint density at radius 2 is 1.57 bits per heavy atom. The van der Waals surface area contributed by atoms with E-state index in [1.165, 1.54) is 0 Å². The van der Waals surface area contributed by atoms with Gasteiger partial charge in [-0.1, -0.05) is 49.4 Å². The van der Waals surface area contributed by atoms with Crippen molar-refractivity contribution in [3.8, 4) is 11.5 Å². The Bertz CT molecular complexity index is 1080. The lowest BCUT2D eigenvalue weighted by Crippen LogP contribution is -2.23. The number of para-hydroxylation sites is 3. The number of ether oxygens (including phenoxy) is 1. The van der Waals surface area contributed by atoms with Crippen molar-refractivity contribution < 1.29 is 17.9 Å². The third kappa shape index (κ3) is 5.92. The molecule has 0 unspecified atom stereocenters. The molecule has 30 heavy (non-hydrogen) atoms. The predicted octanol–water partition coefficient (Wildman–Crippen LogP) is 4.35. The highest BCUT2D eigenvalue weighted by Crippen LogP contribution is 2.29. The highest BCUT2D eigenvalue weighted by Gasteiger charge is 2.13. The number of anilines is 1. The minimum absolute atomic E-state index is 0.150. The van der Waals surface area contributed by atoms with Crippen LogP contribution in [0.4, 0.5) is 5.69 Å². The van der Waals surface area contributed by atoms with Crippen molar-refractivity contribution in [2.24, 2.45) is 0 Å². The van der Waals surface area contributed by atoms with Gasteiger partial charge in [-0.2, -0.15) is 0 Å². The molecule has 0 aliphatic heterocycles. The van der Waals surface area contributed by atoms with E-state index in [0.29, 0.717) is 30.2 Å². The third-order valence-corrected chi connectivity index (χ3v) is 5.90. The Morgan fingerprint density at radius 3 is 2.27 bits per heavy atom. The van der Waals surface area contributed by atoms with Crippen LogP contribution in [-0.4, -0.2) is 20.9 Å². The van der Waals surface area contributed by atoms with Crippen LogP contribution < -0.4 is 14.8 Å². The van der Waals surface area contributed by atoms with E-state index in [1.54, 1.807) is 43.3 Å². The van der Waals surface area contributed by atoms with E-state index in [2.05, 4.69) is 10.0 Å². The van der Waals surface area contributed by atoms with Crippen LogP contribution in [0.1, 0.15) is 18.9 Å². The SMILES string of the molecule is CCNS(=O)(=O)c1ccc(CCC(=O)Nc2ccccc2Oc2ccccc2)cc1. The van der Waals surface area contributed by atoms with Gasteiger partial charge in [-0.25, -0.2) is 13.1 Å². The van der Waals surface area contributed by atoms with E-state index in [9.17, 15) is 13.2 Å². The Morgan fingerprint density at radius 1 is 0.900 bits per heavy atom. The van der Waals surface area contributed by atoms with E-state index in [-0.39, 0.29) is 17.2 Å². The van der Waals surface area contributed by atoms with Gasteiger partial charge in [0.25, 0.3) is 0 Å². The summed E-state index contributed by atoms with van der Waals surface area (Å²) in [4.78, 5) is 12.6. The van der Waals surface area contributed by atoms with Gasteiger partial charge in [0.1, 0.15) is 5.75 Å². The summed E-state index contributed by atoms with van der Waals surface area (Å²) in [6.07, 6.45) is 0.758. The quantitative estimate of drug-likeness (QED) is 0.535. The number of carbonyl (C=O) groups is 1. The maximum Gasteiger partial charge on any atom is 0.240 e. The van der Waals surface area contributed by atoms with E-state index < -0.39 is 10.0 Å². The maximum atomic E-state index is 12.4. The average molecular weight is 425 g/mol. The standard InChI is InChI=1S/C23H24N2O4S/c1-2-24-30(27,28)20-15-12-18(13-16-20)14-17-23(26)25-21-10-6-7-11-22(21)29-19-8-4-3-5-9-19/h3-13,15-16,24H,2,14,17H2,1H3,(H,25,26). The minimum Gasteiger partial charge on any atom is -0.455 e.